The lowest BCUT2D eigenvalue weighted by Gasteiger charge is -2.26. The van der Waals surface area contributed by atoms with Crippen LogP contribution in [-0.4, -0.2) is 35.4 Å². The number of amides is 1. The number of aryl methyl sites for hydroxylation is 1. The summed E-state index contributed by atoms with van der Waals surface area (Å²) in [6.45, 7) is 4.33. The predicted octanol–water partition coefficient (Wildman–Crippen LogP) is 4.91. The van der Waals surface area contributed by atoms with Crippen LogP contribution in [0.4, 0.5) is 5.69 Å². The molecule has 0 N–H and O–H groups in total. The molecule has 1 amide bonds. The first-order valence-corrected chi connectivity index (χ1v) is 11.6. The number of rotatable bonds is 4. The van der Waals surface area contributed by atoms with Gasteiger partial charge in [0.2, 0.25) is 5.91 Å². The van der Waals surface area contributed by atoms with Crippen LogP contribution in [0.5, 0.6) is 0 Å². The number of thiazole rings is 1. The fourth-order valence-corrected chi connectivity index (χ4v) is 5.91. The van der Waals surface area contributed by atoms with Crippen LogP contribution in [-0.2, 0) is 11.2 Å². The number of fused-ring (bicyclic) bond motifs is 1. The van der Waals surface area contributed by atoms with E-state index in [4.69, 9.17) is 0 Å². The van der Waals surface area contributed by atoms with Gasteiger partial charge in [-0.05, 0) is 61.9 Å². The van der Waals surface area contributed by atoms with E-state index in [1.165, 1.54) is 16.9 Å². The molecule has 4 heterocycles. The molecule has 0 spiro atoms. The van der Waals surface area contributed by atoms with Crippen LogP contribution in [0, 0.1) is 6.92 Å². The molecule has 0 unspecified atom stereocenters. The molecule has 2 aromatic heterocycles. The number of carbonyl (C=O) groups is 1. The lowest BCUT2D eigenvalue weighted by Crippen LogP contribution is -2.39. The summed E-state index contributed by atoms with van der Waals surface area (Å²) in [5.74, 6) is 0.222. The van der Waals surface area contributed by atoms with Gasteiger partial charge in [0, 0.05) is 34.1 Å². The van der Waals surface area contributed by atoms with Crippen molar-refractivity contribution in [3.05, 3.63) is 56.5 Å². The Hall–Kier alpha value is -2.02. The zero-order chi connectivity index (χ0) is 19.1. The fraction of sp³-hybridized carbons (Fsp3) is 0.364. The lowest BCUT2D eigenvalue weighted by molar-refractivity contribution is -0.119. The van der Waals surface area contributed by atoms with Gasteiger partial charge in [0.25, 0.3) is 0 Å². The van der Waals surface area contributed by atoms with Crippen molar-refractivity contribution in [3.63, 3.8) is 0 Å². The second-order valence-electron chi connectivity index (χ2n) is 7.53. The largest absolute Gasteiger partial charge is 0.311 e. The Morgan fingerprint density at radius 1 is 1.25 bits per heavy atom. The third kappa shape index (κ3) is 3.30. The van der Waals surface area contributed by atoms with Gasteiger partial charge in [-0.2, -0.15) is 0 Å². The summed E-state index contributed by atoms with van der Waals surface area (Å²) in [6, 6.07) is 11.1. The van der Waals surface area contributed by atoms with Crippen LogP contribution < -0.4 is 4.90 Å². The monoisotopic (exact) mass is 409 g/mol. The average molecular weight is 410 g/mol. The Morgan fingerprint density at radius 3 is 2.96 bits per heavy atom. The van der Waals surface area contributed by atoms with Crippen LogP contribution in [0.3, 0.4) is 0 Å². The molecule has 2 aliphatic heterocycles. The highest BCUT2D eigenvalue weighted by molar-refractivity contribution is 7.10. The van der Waals surface area contributed by atoms with Crippen molar-refractivity contribution in [2.75, 3.05) is 24.5 Å². The van der Waals surface area contributed by atoms with Gasteiger partial charge in [0.05, 0.1) is 17.2 Å². The van der Waals surface area contributed by atoms with Gasteiger partial charge in [-0.25, -0.2) is 4.98 Å². The SMILES string of the molecule is Cc1nc(-c2ccc3c(c2)CCN3C(=O)CN2CCC[C@H]2c2cccs2)cs1. The summed E-state index contributed by atoms with van der Waals surface area (Å²) >= 11 is 3.48. The molecule has 1 fully saturated rings. The van der Waals surface area contributed by atoms with Gasteiger partial charge in [-0.15, -0.1) is 22.7 Å². The van der Waals surface area contributed by atoms with E-state index in [0.717, 1.165) is 47.9 Å². The highest BCUT2D eigenvalue weighted by Crippen LogP contribution is 2.36. The number of anilines is 1. The molecule has 3 aromatic rings. The molecule has 1 atom stereocenters. The minimum Gasteiger partial charge on any atom is -0.311 e. The van der Waals surface area contributed by atoms with E-state index in [9.17, 15) is 4.79 Å². The molecule has 1 aromatic carbocycles. The molecule has 6 heteroatoms. The van der Waals surface area contributed by atoms with Gasteiger partial charge < -0.3 is 4.90 Å². The van der Waals surface area contributed by atoms with E-state index in [1.807, 2.05) is 11.8 Å². The molecule has 4 nitrogen and oxygen atoms in total. The number of likely N-dealkylation sites (tertiary alicyclic amines) is 1. The predicted molar refractivity (Wildman–Crippen MR) is 116 cm³/mol. The van der Waals surface area contributed by atoms with Crippen molar-refractivity contribution < 1.29 is 4.79 Å². The second kappa shape index (κ2) is 7.43. The minimum absolute atomic E-state index is 0.222. The van der Waals surface area contributed by atoms with Crippen molar-refractivity contribution in [3.8, 4) is 11.3 Å². The number of nitrogens with zero attached hydrogens (tertiary/aromatic N) is 3. The molecule has 28 heavy (non-hydrogen) atoms. The normalized spacial score (nSPS) is 19.3. The molecule has 0 aliphatic carbocycles. The Balaban J connectivity index is 1.32. The summed E-state index contributed by atoms with van der Waals surface area (Å²) in [6.07, 6.45) is 3.25. The standard InChI is InChI=1S/C22H23N3OS2/c1-15-23-18(14-28-15)16-6-7-19-17(12-16)8-10-25(19)22(26)13-24-9-2-4-20(24)21-5-3-11-27-21/h3,5-7,11-12,14,20H,2,4,8-10,13H2,1H3/t20-/m0/s1. The first-order chi connectivity index (χ1) is 13.7. The van der Waals surface area contributed by atoms with E-state index in [-0.39, 0.29) is 5.91 Å². The van der Waals surface area contributed by atoms with Gasteiger partial charge in [-0.3, -0.25) is 9.69 Å². The first-order valence-electron chi connectivity index (χ1n) is 9.82. The highest BCUT2D eigenvalue weighted by atomic mass is 32.1. The summed E-state index contributed by atoms with van der Waals surface area (Å²) in [5.41, 5.74) is 4.51. The van der Waals surface area contributed by atoms with Crippen molar-refractivity contribution in [1.29, 1.82) is 0 Å². The van der Waals surface area contributed by atoms with Crippen molar-refractivity contribution in [2.45, 2.75) is 32.2 Å². The number of benzene rings is 1. The summed E-state index contributed by atoms with van der Waals surface area (Å²) in [7, 11) is 0. The van der Waals surface area contributed by atoms with Gasteiger partial charge >= 0.3 is 0 Å². The van der Waals surface area contributed by atoms with Crippen molar-refractivity contribution in [1.82, 2.24) is 9.88 Å². The molecule has 144 valence electrons. The second-order valence-corrected chi connectivity index (χ2v) is 9.58. The lowest BCUT2D eigenvalue weighted by atomic mass is 10.1. The number of hydrogen-bond donors (Lipinski definition) is 0. The molecule has 0 radical (unpaired) electrons. The molecule has 0 bridgehead atoms. The van der Waals surface area contributed by atoms with Crippen LogP contribution in [0.2, 0.25) is 0 Å². The van der Waals surface area contributed by atoms with Crippen molar-refractivity contribution in [2.24, 2.45) is 0 Å². The molecule has 2 aliphatic rings. The number of thiophene rings is 1. The maximum absolute atomic E-state index is 13.1. The molecule has 5 rings (SSSR count). The minimum atomic E-state index is 0.222. The zero-order valence-electron chi connectivity index (χ0n) is 15.9. The van der Waals surface area contributed by atoms with Crippen LogP contribution in [0.15, 0.2) is 41.1 Å². The van der Waals surface area contributed by atoms with E-state index < -0.39 is 0 Å². The van der Waals surface area contributed by atoms with Crippen LogP contribution >= 0.6 is 22.7 Å². The number of carbonyl (C=O) groups excluding carboxylic acids is 1. The smallest absolute Gasteiger partial charge is 0.241 e. The van der Waals surface area contributed by atoms with Crippen LogP contribution in [0.25, 0.3) is 11.3 Å². The molecular formula is C22H23N3OS2. The summed E-state index contributed by atoms with van der Waals surface area (Å²) in [4.78, 5) is 23.4. The maximum atomic E-state index is 13.1. The first kappa shape index (κ1) is 18.0. The Kier molecular flexibility index (Phi) is 4.78. The van der Waals surface area contributed by atoms with E-state index in [1.54, 1.807) is 22.7 Å². The Labute approximate surface area is 173 Å². The molecular weight excluding hydrogens is 386 g/mol. The third-order valence-corrected chi connectivity index (χ3v) is 7.51. The quantitative estimate of drug-likeness (QED) is 0.615. The van der Waals surface area contributed by atoms with Gasteiger partial charge in [0.15, 0.2) is 0 Å². The Bertz CT molecular complexity index is 995. The maximum Gasteiger partial charge on any atom is 0.241 e. The van der Waals surface area contributed by atoms with Crippen LogP contribution in [0.1, 0.15) is 34.3 Å². The van der Waals surface area contributed by atoms with E-state index >= 15 is 0 Å². The summed E-state index contributed by atoms with van der Waals surface area (Å²) < 4.78 is 0. The molecule has 1 saturated heterocycles. The van der Waals surface area contributed by atoms with Gasteiger partial charge in [0.1, 0.15) is 0 Å². The number of aromatic nitrogens is 1. The topological polar surface area (TPSA) is 36.4 Å². The van der Waals surface area contributed by atoms with E-state index in [0.29, 0.717) is 12.6 Å². The average Bonchev–Trinajstić information content (AvgIpc) is 3.47. The third-order valence-electron chi connectivity index (χ3n) is 5.76. The summed E-state index contributed by atoms with van der Waals surface area (Å²) in [5, 5.41) is 5.32. The zero-order valence-corrected chi connectivity index (χ0v) is 17.6. The Morgan fingerprint density at radius 2 is 2.18 bits per heavy atom. The fourth-order valence-electron chi connectivity index (χ4n) is 4.39. The molecule has 0 saturated carbocycles. The van der Waals surface area contributed by atoms with Crippen molar-refractivity contribution >= 4 is 34.3 Å². The van der Waals surface area contributed by atoms with E-state index in [2.05, 4.69) is 51.0 Å². The van der Waals surface area contributed by atoms with Gasteiger partial charge in [-0.1, -0.05) is 12.1 Å². The highest BCUT2D eigenvalue weighted by Gasteiger charge is 2.32. The number of hydrogen-bond acceptors (Lipinski definition) is 5.